The van der Waals surface area contributed by atoms with Crippen LogP contribution in [0.4, 0.5) is 0 Å². The summed E-state index contributed by atoms with van der Waals surface area (Å²) in [6.07, 6.45) is 4.87. The van der Waals surface area contributed by atoms with Gasteiger partial charge in [0.2, 0.25) is 0 Å². The molecule has 0 atom stereocenters. The van der Waals surface area contributed by atoms with Gasteiger partial charge in [0.05, 0.1) is 11.3 Å². The Morgan fingerprint density at radius 1 is 1.16 bits per heavy atom. The average molecular weight is 271 g/mol. The third-order valence-corrected chi connectivity index (χ3v) is 3.53. The lowest BCUT2D eigenvalue weighted by Crippen LogP contribution is -2.04. The number of nitrogens with zero attached hydrogens (tertiary/aromatic N) is 5. The van der Waals surface area contributed by atoms with E-state index in [2.05, 4.69) is 26.2 Å². The average Bonchev–Trinajstić information content (AvgIpc) is 2.47. The molecule has 0 aliphatic heterocycles. The molecular formula is C13H13N5S. The second-order valence-corrected chi connectivity index (χ2v) is 4.71. The van der Waals surface area contributed by atoms with Crippen LogP contribution in [0.3, 0.4) is 0 Å². The molecule has 19 heavy (non-hydrogen) atoms. The summed E-state index contributed by atoms with van der Waals surface area (Å²) in [6, 6.07) is 3.98. The molecule has 0 amide bonds. The Labute approximate surface area is 116 Å². The van der Waals surface area contributed by atoms with Gasteiger partial charge in [-0.1, -0.05) is 13.8 Å². The minimum atomic E-state index is 0.569. The molecule has 0 saturated heterocycles. The zero-order valence-electron chi connectivity index (χ0n) is 10.8. The lowest BCUT2D eigenvalue weighted by Gasteiger charge is -2.09. The van der Waals surface area contributed by atoms with Crippen LogP contribution in [0.2, 0.25) is 0 Å². The van der Waals surface area contributed by atoms with Crippen molar-refractivity contribution in [3.63, 3.8) is 0 Å². The summed E-state index contributed by atoms with van der Waals surface area (Å²) in [6.45, 7) is 4.03. The second kappa shape index (κ2) is 6.25. The number of aryl methyl sites for hydroxylation is 1. The first-order chi connectivity index (χ1) is 9.30. The molecule has 0 aliphatic carbocycles. The van der Waals surface area contributed by atoms with Crippen LogP contribution < -0.4 is 0 Å². The van der Waals surface area contributed by atoms with E-state index in [4.69, 9.17) is 0 Å². The molecule has 0 fully saturated rings. The van der Waals surface area contributed by atoms with Crippen molar-refractivity contribution in [3.05, 3.63) is 35.3 Å². The quantitative estimate of drug-likeness (QED) is 0.795. The van der Waals surface area contributed by atoms with E-state index in [9.17, 15) is 5.26 Å². The van der Waals surface area contributed by atoms with Gasteiger partial charge in [-0.15, -0.1) is 5.10 Å². The largest absolute Gasteiger partial charge is 0.231 e. The van der Waals surface area contributed by atoms with Crippen LogP contribution in [0, 0.1) is 11.3 Å². The van der Waals surface area contributed by atoms with E-state index in [1.807, 2.05) is 13.8 Å². The highest BCUT2D eigenvalue weighted by Gasteiger charge is 2.15. The summed E-state index contributed by atoms with van der Waals surface area (Å²) in [4.78, 5) is 8.24. The molecule has 2 aromatic rings. The van der Waals surface area contributed by atoms with Gasteiger partial charge in [-0.2, -0.15) is 10.4 Å². The Hall–Kier alpha value is -2.00. The summed E-state index contributed by atoms with van der Waals surface area (Å²) >= 11 is 1.27. The molecule has 2 heterocycles. The Bertz CT molecular complexity index is 606. The van der Waals surface area contributed by atoms with Crippen molar-refractivity contribution in [1.82, 2.24) is 20.2 Å². The number of aromatic nitrogens is 4. The van der Waals surface area contributed by atoms with E-state index in [1.54, 1.807) is 18.5 Å². The third-order valence-electron chi connectivity index (χ3n) is 2.66. The van der Waals surface area contributed by atoms with Crippen molar-refractivity contribution in [2.45, 2.75) is 36.9 Å². The van der Waals surface area contributed by atoms with Crippen molar-refractivity contribution < 1.29 is 0 Å². The molecule has 6 heteroatoms. The zero-order chi connectivity index (χ0) is 13.7. The summed E-state index contributed by atoms with van der Waals surface area (Å²) in [7, 11) is 0. The highest BCUT2D eigenvalue weighted by atomic mass is 32.2. The second-order valence-electron chi connectivity index (χ2n) is 3.76. The normalized spacial score (nSPS) is 10.2. The van der Waals surface area contributed by atoms with Crippen molar-refractivity contribution >= 4 is 11.8 Å². The van der Waals surface area contributed by atoms with Gasteiger partial charge >= 0.3 is 0 Å². The van der Waals surface area contributed by atoms with Crippen molar-refractivity contribution in [2.24, 2.45) is 0 Å². The molecule has 0 aromatic carbocycles. The minimum Gasteiger partial charge on any atom is -0.231 e. The van der Waals surface area contributed by atoms with E-state index < -0.39 is 0 Å². The van der Waals surface area contributed by atoms with Gasteiger partial charge in [0, 0.05) is 12.4 Å². The van der Waals surface area contributed by atoms with E-state index >= 15 is 0 Å². The van der Waals surface area contributed by atoms with Crippen LogP contribution >= 0.6 is 11.8 Å². The SMILES string of the molecule is CCc1nnc(Sc2ncccn2)c(C#N)c1CC. The maximum Gasteiger partial charge on any atom is 0.193 e. The lowest BCUT2D eigenvalue weighted by molar-refractivity contribution is 0.814. The number of nitriles is 1. The monoisotopic (exact) mass is 271 g/mol. The van der Waals surface area contributed by atoms with E-state index in [-0.39, 0.29) is 0 Å². The molecule has 0 aliphatic rings. The summed E-state index contributed by atoms with van der Waals surface area (Å²) in [5.41, 5.74) is 2.45. The van der Waals surface area contributed by atoms with Crippen LogP contribution in [-0.4, -0.2) is 20.2 Å². The van der Waals surface area contributed by atoms with E-state index in [0.29, 0.717) is 15.7 Å². The van der Waals surface area contributed by atoms with Gasteiger partial charge in [-0.25, -0.2) is 9.97 Å². The summed E-state index contributed by atoms with van der Waals surface area (Å²) in [5, 5.41) is 18.8. The maximum atomic E-state index is 9.36. The predicted octanol–water partition coefficient (Wildman–Crippen LogP) is 2.41. The molecule has 0 bridgehead atoms. The third kappa shape index (κ3) is 2.88. The highest BCUT2D eigenvalue weighted by molar-refractivity contribution is 7.99. The first kappa shape index (κ1) is 13.4. The van der Waals surface area contributed by atoms with Gasteiger partial charge in [-0.3, -0.25) is 0 Å². The van der Waals surface area contributed by atoms with E-state index in [1.165, 1.54) is 11.8 Å². The molecule has 0 N–H and O–H groups in total. The smallest absolute Gasteiger partial charge is 0.193 e. The van der Waals surface area contributed by atoms with Crippen LogP contribution in [0.15, 0.2) is 28.6 Å². The fraction of sp³-hybridized carbons (Fsp3) is 0.308. The van der Waals surface area contributed by atoms with Crippen LogP contribution in [0.5, 0.6) is 0 Å². The molecule has 0 spiro atoms. The van der Waals surface area contributed by atoms with Crippen molar-refractivity contribution in [2.75, 3.05) is 0 Å². The Morgan fingerprint density at radius 2 is 1.89 bits per heavy atom. The zero-order valence-corrected chi connectivity index (χ0v) is 11.6. The van der Waals surface area contributed by atoms with Gasteiger partial charge in [0.25, 0.3) is 0 Å². The summed E-state index contributed by atoms with van der Waals surface area (Å²) in [5.74, 6) is 0. The Morgan fingerprint density at radius 3 is 2.47 bits per heavy atom. The number of rotatable bonds is 4. The van der Waals surface area contributed by atoms with Crippen LogP contribution in [0.25, 0.3) is 0 Å². The molecule has 0 unspecified atom stereocenters. The predicted molar refractivity (Wildman–Crippen MR) is 71.7 cm³/mol. The number of hydrogen-bond acceptors (Lipinski definition) is 6. The van der Waals surface area contributed by atoms with Gasteiger partial charge in [0.1, 0.15) is 11.1 Å². The topological polar surface area (TPSA) is 75.3 Å². The van der Waals surface area contributed by atoms with Gasteiger partial charge < -0.3 is 0 Å². The first-order valence-corrected chi connectivity index (χ1v) is 6.85. The van der Waals surface area contributed by atoms with Gasteiger partial charge in [-0.05, 0) is 36.2 Å². The molecule has 0 radical (unpaired) electrons. The molecule has 2 aromatic heterocycles. The molecule has 96 valence electrons. The maximum absolute atomic E-state index is 9.36. The molecule has 2 rings (SSSR count). The highest BCUT2D eigenvalue weighted by Crippen LogP contribution is 2.28. The Kier molecular flexibility index (Phi) is 4.42. The van der Waals surface area contributed by atoms with Crippen molar-refractivity contribution in [3.8, 4) is 6.07 Å². The molecule has 0 saturated carbocycles. The lowest BCUT2D eigenvalue weighted by atomic mass is 10.1. The fourth-order valence-corrected chi connectivity index (χ4v) is 2.52. The standard InChI is InChI=1S/C13H13N5S/c1-3-9-10(8-14)12(18-17-11(9)4-2)19-13-15-6-5-7-16-13/h5-7H,3-4H2,1-2H3. The molecule has 5 nitrogen and oxygen atoms in total. The Balaban J connectivity index is 2.44. The van der Waals surface area contributed by atoms with Crippen molar-refractivity contribution in [1.29, 1.82) is 5.26 Å². The van der Waals surface area contributed by atoms with E-state index in [0.717, 1.165) is 24.1 Å². The van der Waals surface area contributed by atoms with Crippen LogP contribution in [-0.2, 0) is 12.8 Å². The first-order valence-electron chi connectivity index (χ1n) is 6.03. The van der Waals surface area contributed by atoms with Gasteiger partial charge in [0.15, 0.2) is 5.16 Å². The molecular weight excluding hydrogens is 258 g/mol. The van der Waals surface area contributed by atoms with Crippen LogP contribution in [0.1, 0.15) is 30.7 Å². The summed E-state index contributed by atoms with van der Waals surface area (Å²) < 4.78 is 0. The minimum absolute atomic E-state index is 0.569. The number of hydrogen-bond donors (Lipinski definition) is 0. The fourth-order valence-electron chi connectivity index (χ4n) is 1.77.